The van der Waals surface area contributed by atoms with Gasteiger partial charge in [0.05, 0.1) is 25.3 Å². The average molecular weight is 474 g/mol. The minimum absolute atomic E-state index is 0.0140. The van der Waals surface area contributed by atoms with Crippen LogP contribution in [0, 0.1) is 5.82 Å². The number of nitrogens with one attached hydrogen (secondary N) is 1. The van der Waals surface area contributed by atoms with Gasteiger partial charge in [0.1, 0.15) is 18.0 Å². The Morgan fingerprint density at radius 1 is 1.09 bits per heavy atom. The fourth-order valence-corrected chi connectivity index (χ4v) is 3.43. The molecule has 0 radical (unpaired) electrons. The molecule has 0 bridgehead atoms. The van der Waals surface area contributed by atoms with Gasteiger partial charge in [0, 0.05) is 5.56 Å². The number of ether oxygens (including phenoxy) is 2. The van der Waals surface area contributed by atoms with Gasteiger partial charge in [-0.2, -0.15) is 0 Å². The van der Waals surface area contributed by atoms with Crippen LogP contribution in [0.4, 0.5) is 4.39 Å². The summed E-state index contributed by atoms with van der Waals surface area (Å²) in [6, 6.07) is 16.2. The van der Waals surface area contributed by atoms with Crippen molar-refractivity contribution in [3.8, 4) is 22.6 Å². The molecule has 0 saturated carbocycles. The highest BCUT2D eigenvalue weighted by molar-refractivity contribution is 6.31. The van der Waals surface area contributed by atoms with Crippen molar-refractivity contribution in [2.24, 2.45) is 0 Å². The van der Waals surface area contributed by atoms with Gasteiger partial charge in [0.2, 0.25) is 0 Å². The maximum Gasteiger partial charge on any atom is 0.251 e. The Labute approximate surface area is 196 Å². The van der Waals surface area contributed by atoms with Crippen LogP contribution in [0.2, 0.25) is 5.02 Å². The number of carbonyl (C=O) groups excluding carboxylic acids is 1. The largest absolute Gasteiger partial charge is 0.493 e. The lowest BCUT2D eigenvalue weighted by molar-refractivity contribution is 0.0526. The molecule has 1 amide bonds. The van der Waals surface area contributed by atoms with Gasteiger partial charge in [-0.3, -0.25) is 4.79 Å². The van der Waals surface area contributed by atoms with Crippen molar-refractivity contribution in [2.45, 2.75) is 12.5 Å². The fourth-order valence-electron chi connectivity index (χ4n) is 3.25. The van der Waals surface area contributed by atoms with Gasteiger partial charge in [-0.05, 0) is 60.0 Å². The zero-order valence-electron chi connectivity index (χ0n) is 18.3. The molecule has 0 saturated heterocycles. The molecule has 0 spiro atoms. The summed E-state index contributed by atoms with van der Waals surface area (Å²) >= 11 is 5.89. The van der Waals surface area contributed by atoms with Gasteiger partial charge in [0.15, 0.2) is 11.5 Å². The Bertz CT molecular complexity index is 1140. The summed E-state index contributed by atoms with van der Waals surface area (Å²) < 4.78 is 24.1. The molecular weight excluding hydrogens is 449 g/mol. The Kier molecular flexibility index (Phi) is 7.92. The maximum atomic E-state index is 13.5. The van der Waals surface area contributed by atoms with E-state index in [1.54, 1.807) is 43.3 Å². The molecule has 0 aliphatic heterocycles. The molecule has 3 rings (SSSR count). The average Bonchev–Trinajstić information content (AvgIpc) is 2.83. The molecule has 6 nitrogen and oxygen atoms in total. The first-order chi connectivity index (χ1) is 15.7. The third-order valence-corrected chi connectivity index (χ3v) is 5.39. The number of aliphatic hydroxyl groups excluding tert-OH is 1. The van der Waals surface area contributed by atoms with Crippen LogP contribution in [-0.4, -0.2) is 43.0 Å². The summed E-state index contributed by atoms with van der Waals surface area (Å²) in [5.41, 5.74) is 0.992. The SMILES string of the molecule is COc1cc(C(=O)NCC(C)(O)c2cccc(-c3ccc(F)c(Cl)c3)c2)ccc1OCCO. The minimum atomic E-state index is -1.37. The lowest BCUT2D eigenvalue weighted by atomic mass is 9.92. The van der Waals surface area contributed by atoms with E-state index >= 15 is 0 Å². The lowest BCUT2D eigenvalue weighted by Gasteiger charge is -2.25. The van der Waals surface area contributed by atoms with Gasteiger partial charge in [0.25, 0.3) is 5.91 Å². The van der Waals surface area contributed by atoms with Gasteiger partial charge in [-0.25, -0.2) is 4.39 Å². The van der Waals surface area contributed by atoms with Crippen molar-refractivity contribution in [1.29, 1.82) is 0 Å². The highest BCUT2D eigenvalue weighted by atomic mass is 35.5. The van der Waals surface area contributed by atoms with Crippen LogP contribution < -0.4 is 14.8 Å². The molecular formula is C25H25ClFNO5. The smallest absolute Gasteiger partial charge is 0.251 e. The number of amides is 1. The molecule has 3 aromatic carbocycles. The van der Waals surface area contributed by atoms with Crippen LogP contribution in [0.15, 0.2) is 60.7 Å². The van der Waals surface area contributed by atoms with Crippen molar-refractivity contribution in [3.63, 3.8) is 0 Å². The highest BCUT2D eigenvalue weighted by Gasteiger charge is 2.25. The molecule has 3 aromatic rings. The van der Waals surface area contributed by atoms with Crippen LogP contribution in [-0.2, 0) is 5.60 Å². The lowest BCUT2D eigenvalue weighted by Crippen LogP contribution is -2.38. The third kappa shape index (κ3) is 6.01. The molecule has 0 aliphatic rings. The predicted octanol–water partition coefficient (Wildman–Crippen LogP) is 4.16. The number of rotatable bonds is 9. The van der Waals surface area contributed by atoms with E-state index in [-0.39, 0.29) is 24.8 Å². The van der Waals surface area contributed by atoms with E-state index in [4.69, 9.17) is 26.2 Å². The number of methoxy groups -OCH3 is 1. The first-order valence-corrected chi connectivity index (χ1v) is 10.6. The Morgan fingerprint density at radius 3 is 2.55 bits per heavy atom. The zero-order valence-corrected chi connectivity index (χ0v) is 19.0. The second-order valence-electron chi connectivity index (χ2n) is 7.60. The number of hydrogen-bond acceptors (Lipinski definition) is 5. The van der Waals surface area contributed by atoms with E-state index in [1.165, 1.54) is 25.3 Å². The van der Waals surface area contributed by atoms with E-state index < -0.39 is 17.3 Å². The fraction of sp³-hybridized carbons (Fsp3) is 0.240. The second-order valence-corrected chi connectivity index (χ2v) is 8.01. The van der Waals surface area contributed by atoms with Crippen molar-refractivity contribution < 1.29 is 28.9 Å². The van der Waals surface area contributed by atoms with Crippen LogP contribution in [0.3, 0.4) is 0 Å². The molecule has 0 heterocycles. The standard InChI is InChI=1S/C25H25ClFNO5/c1-25(31,19-5-3-4-16(12-19)17-6-8-21(27)20(26)13-17)15-28-24(30)18-7-9-22(33-11-10-29)23(14-18)32-2/h3-9,12-14,29,31H,10-11,15H2,1-2H3,(H,28,30). The summed E-state index contributed by atoms with van der Waals surface area (Å²) in [5, 5.41) is 22.7. The summed E-state index contributed by atoms with van der Waals surface area (Å²) in [6.07, 6.45) is 0. The second kappa shape index (κ2) is 10.7. The number of benzene rings is 3. The van der Waals surface area contributed by atoms with Gasteiger partial charge >= 0.3 is 0 Å². The van der Waals surface area contributed by atoms with E-state index in [0.717, 1.165) is 5.56 Å². The molecule has 174 valence electrons. The molecule has 1 atom stereocenters. The predicted molar refractivity (Wildman–Crippen MR) is 124 cm³/mol. The van der Waals surface area contributed by atoms with Crippen LogP contribution in [0.25, 0.3) is 11.1 Å². The summed E-state index contributed by atoms with van der Waals surface area (Å²) in [6.45, 7) is 1.50. The summed E-state index contributed by atoms with van der Waals surface area (Å²) in [7, 11) is 1.45. The van der Waals surface area contributed by atoms with Gasteiger partial charge < -0.3 is 25.0 Å². The van der Waals surface area contributed by atoms with Crippen LogP contribution >= 0.6 is 11.6 Å². The topological polar surface area (TPSA) is 88.0 Å². The number of aliphatic hydroxyl groups is 2. The van der Waals surface area contributed by atoms with Gasteiger partial charge in [-0.1, -0.05) is 35.9 Å². The van der Waals surface area contributed by atoms with E-state index in [0.29, 0.717) is 28.2 Å². The first-order valence-electron chi connectivity index (χ1n) is 10.2. The maximum absolute atomic E-state index is 13.5. The molecule has 0 fully saturated rings. The highest BCUT2D eigenvalue weighted by Crippen LogP contribution is 2.30. The van der Waals surface area contributed by atoms with Crippen molar-refractivity contribution >= 4 is 17.5 Å². The van der Waals surface area contributed by atoms with Gasteiger partial charge in [-0.15, -0.1) is 0 Å². The Morgan fingerprint density at radius 2 is 1.85 bits per heavy atom. The summed E-state index contributed by atoms with van der Waals surface area (Å²) in [4.78, 5) is 12.7. The van der Waals surface area contributed by atoms with E-state index in [1.807, 2.05) is 6.07 Å². The molecule has 0 aliphatic carbocycles. The van der Waals surface area contributed by atoms with Crippen molar-refractivity contribution in [2.75, 3.05) is 26.9 Å². The normalized spacial score (nSPS) is 12.7. The van der Waals surface area contributed by atoms with Crippen molar-refractivity contribution in [3.05, 3.63) is 82.6 Å². The van der Waals surface area contributed by atoms with E-state index in [2.05, 4.69) is 5.32 Å². The van der Waals surface area contributed by atoms with Crippen molar-refractivity contribution in [1.82, 2.24) is 5.32 Å². The van der Waals surface area contributed by atoms with Crippen LogP contribution in [0.5, 0.6) is 11.5 Å². The minimum Gasteiger partial charge on any atom is -0.493 e. The molecule has 1 unspecified atom stereocenters. The molecule has 0 aromatic heterocycles. The van der Waals surface area contributed by atoms with E-state index in [9.17, 15) is 14.3 Å². The quantitative estimate of drug-likeness (QED) is 0.434. The number of halogens is 2. The molecule has 8 heteroatoms. The molecule has 3 N–H and O–H groups in total. The van der Waals surface area contributed by atoms with Crippen LogP contribution in [0.1, 0.15) is 22.8 Å². The Hall–Kier alpha value is -3.13. The molecule has 33 heavy (non-hydrogen) atoms. The zero-order chi connectivity index (χ0) is 24.0. The first kappa shape index (κ1) is 24.5. The summed E-state index contributed by atoms with van der Waals surface area (Å²) in [5.74, 6) is -0.138. The third-order valence-electron chi connectivity index (χ3n) is 5.11. The number of carbonyl (C=O) groups is 1. The number of hydrogen-bond donors (Lipinski definition) is 3. The monoisotopic (exact) mass is 473 g/mol. The Balaban J connectivity index is 1.73.